The average Bonchev–Trinajstić information content (AvgIpc) is 2.27. The van der Waals surface area contributed by atoms with E-state index in [9.17, 15) is 4.39 Å². The molecule has 0 bridgehead atoms. The number of nitrogens with two attached hydrogens (primary N) is 2. The monoisotopic (exact) mass is 225 g/mol. The van der Waals surface area contributed by atoms with Gasteiger partial charge in [-0.05, 0) is 25.7 Å². The zero-order valence-electron chi connectivity index (χ0n) is 8.99. The third-order valence-electron chi connectivity index (χ3n) is 2.88. The molecule has 88 valence electrons. The molecule has 0 aliphatic heterocycles. The van der Waals surface area contributed by atoms with Crippen LogP contribution in [0.2, 0.25) is 0 Å². The van der Waals surface area contributed by atoms with Crippen LogP contribution in [0.15, 0.2) is 6.20 Å². The lowest BCUT2D eigenvalue weighted by Crippen LogP contribution is -2.33. The molecule has 16 heavy (non-hydrogen) atoms. The zero-order chi connectivity index (χ0) is 11.5. The fourth-order valence-corrected chi connectivity index (χ4v) is 1.94. The standard InChI is InChI=1S/C10H16FN5/c11-8-5-14-10(13)16-9(8)15-7-3-1-6(12)2-4-7/h5-7H,1-4,12H2,(H3,13,14,15,16). The van der Waals surface area contributed by atoms with Crippen molar-refractivity contribution in [3.8, 4) is 0 Å². The first-order valence-corrected chi connectivity index (χ1v) is 5.45. The molecule has 5 N–H and O–H groups in total. The number of hydrogen-bond donors (Lipinski definition) is 3. The quantitative estimate of drug-likeness (QED) is 0.695. The maximum absolute atomic E-state index is 13.3. The predicted octanol–water partition coefficient (Wildman–Crippen LogP) is 0.880. The van der Waals surface area contributed by atoms with Crippen LogP contribution in [0.1, 0.15) is 25.7 Å². The first kappa shape index (κ1) is 11.1. The van der Waals surface area contributed by atoms with Gasteiger partial charge < -0.3 is 16.8 Å². The summed E-state index contributed by atoms with van der Waals surface area (Å²) < 4.78 is 13.3. The Hall–Kier alpha value is -1.43. The van der Waals surface area contributed by atoms with Crippen molar-refractivity contribution in [3.05, 3.63) is 12.0 Å². The lowest BCUT2D eigenvalue weighted by Gasteiger charge is -2.27. The third kappa shape index (κ3) is 2.57. The van der Waals surface area contributed by atoms with Crippen LogP contribution in [0, 0.1) is 5.82 Å². The summed E-state index contributed by atoms with van der Waals surface area (Å²) in [6, 6.07) is 0.502. The Bertz CT molecular complexity index is 362. The molecule has 5 nitrogen and oxygen atoms in total. The Labute approximate surface area is 93.4 Å². The Kier molecular flexibility index (Phi) is 3.19. The van der Waals surface area contributed by atoms with Gasteiger partial charge in [0.1, 0.15) is 0 Å². The maximum atomic E-state index is 13.3. The highest BCUT2D eigenvalue weighted by Crippen LogP contribution is 2.21. The molecule has 0 amide bonds. The summed E-state index contributed by atoms with van der Waals surface area (Å²) in [6.45, 7) is 0. The Morgan fingerprint density at radius 3 is 2.69 bits per heavy atom. The summed E-state index contributed by atoms with van der Waals surface area (Å²) in [4.78, 5) is 7.41. The van der Waals surface area contributed by atoms with Crippen molar-refractivity contribution in [2.45, 2.75) is 37.8 Å². The number of nitrogens with one attached hydrogen (secondary N) is 1. The number of hydrogen-bond acceptors (Lipinski definition) is 5. The van der Waals surface area contributed by atoms with Crippen LogP contribution >= 0.6 is 0 Å². The molecular weight excluding hydrogens is 209 g/mol. The summed E-state index contributed by atoms with van der Waals surface area (Å²) in [5.74, 6) is -0.201. The molecule has 0 saturated heterocycles. The minimum Gasteiger partial charge on any atom is -0.368 e. The van der Waals surface area contributed by atoms with Crippen molar-refractivity contribution in [2.24, 2.45) is 5.73 Å². The molecule has 6 heteroatoms. The van der Waals surface area contributed by atoms with Crippen LogP contribution in [0.5, 0.6) is 0 Å². The van der Waals surface area contributed by atoms with Gasteiger partial charge in [0.15, 0.2) is 11.6 Å². The summed E-state index contributed by atoms with van der Waals surface area (Å²) >= 11 is 0. The minimum absolute atomic E-state index is 0.0800. The Balaban J connectivity index is 2.00. The van der Waals surface area contributed by atoms with Crippen LogP contribution in [0.25, 0.3) is 0 Å². The van der Waals surface area contributed by atoms with Crippen LogP contribution < -0.4 is 16.8 Å². The molecule has 1 aromatic rings. The number of nitrogen functional groups attached to an aromatic ring is 1. The fourth-order valence-electron chi connectivity index (χ4n) is 1.94. The Morgan fingerprint density at radius 2 is 2.00 bits per heavy atom. The molecule has 1 aliphatic rings. The minimum atomic E-state index is -0.468. The Morgan fingerprint density at radius 1 is 1.31 bits per heavy atom. The lowest BCUT2D eigenvalue weighted by atomic mass is 9.92. The number of aromatic nitrogens is 2. The molecule has 0 radical (unpaired) electrons. The summed E-state index contributed by atoms with van der Waals surface area (Å²) in [7, 11) is 0. The molecule has 0 atom stereocenters. The molecule has 1 saturated carbocycles. The van der Waals surface area contributed by atoms with Crippen molar-refractivity contribution in [1.29, 1.82) is 0 Å². The highest BCUT2D eigenvalue weighted by molar-refractivity contribution is 5.40. The van der Waals surface area contributed by atoms with Gasteiger partial charge >= 0.3 is 0 Å². The molecular formula is C10H16FN5. The molecule has 2 rings (SSSR count). The predicted molar refractivity (Wildman–Crippen MR) is 60.3 cm³/mol. The van der Waals surface area contributed by atoms with E-state index in [0.29, 0.717) is 0 Å². The largest absolute Gasteiger partial charge is 0.368 e. The highest BCUT2D eigenvalue weighted by atomic mass is 19.1. The van der Waals surface area contributed by atoms with Gasteiger partial charge in [0.05, 0.1) is 6.20 Å². The topological polar surface area (TPSA) is 89.8 Å². The van der Waals surface area contributed by atoms with Gasteiger partial charge in [0.2, 0.25) is 5.95 Å². The van der Waals surface area contributed by atoms with E-state index in [2.05, 4.69) is 15.3 Å². The molecule has 1 heterocycles. The van der Waals surface area contributed by atoms with E-state index in [1.807, 2.05) is 0 Å². The molecule has 0 spiro atoms. The van der Waals surface area contributed by atoms with Crippen LogP contribution in [-0.2, 0) is 0 Å². The van der Waals surface area contributed by atoms with E-state index in [4.69, 9.17) is 11.5 Å². The number of halogens is 1. The van der Waals surface area contributed by atoms with Gasteiger partial charge in [-0.3, -0.25) is 0 Å². The van der Waals surface area contributed by atoms with Crippen molar-refractivity contribution in [2.75, 3.05) is 11.1 Å². The van der Waals surface area contributed by atoms with Gasteiger partial charge in [-0.2, -0.15) is 4.98 Å². The maximum Gasteiger partial charge on any atom is 0.222 e. The lowest BCUT2D eigenvalue weighted by molar-refractivity contribution is 0.409. The third-order valence-corrected chi connectivity index (χ3v) is 2.88. The zero-order valence-corrected chi connectivity index (χ0v) is 8.99. The average molecular weight is 225 g/mol. The highest BCUT2D eigenvalue weighted by Gasteiger charge is 2.19. The van der Waals surface area contributed by atoms with E-state index in [0.717, 1.165) is 31.9 Å². The molecule has 0 aromatic carbocycles. The van der Waals surface area contributed by atoms with E-state index in [1.54, 1.807) is 0 Å². The van der Waals surface area contributed by atoms with E-state index >= 15 is 0 Å². The van der Waals surface area contributed by atoms with Crippen LogP contribution in [-0.4, -0.2) is 22.1 Å². The smallest absolute Gasteiger partial charge is 0.222 e. The second-order valence-electron chi connectivity index (χ2n) is 4.18. The molecule has 1 aliphatic carbocycles. The van der Waals surface area contributed by atoms with Gasteiger partial charge in [-0.1, -0.05) is 0 Å². The number of nitrogens with zero attached hydrogens (tertiary/aromatic N) is 2. The summed E-state index contributed by atoms with van der Waals surface area (Å²) in [5, 5.41) is 3.05. The van der Waals surface area contributed by atoms with E-state index in [1.165, 1.54) is 0 Å². The normalized spacial score (nSPS) is 25.4. The fraction of sp³-hybridized carbons (Fsp3) is 0.600. The van der Waals surface area contributed by atoms with E-state index < -0.39 is 5.82 Å². The summed E-state index contributed by atoms with van der Waals surface area (Å²) in [5.41, 5.74) is 11.2. The van der Waals surface area contributed by atoms with Gasteiger partial charge in [0.25, 0.3) is 0 Å². The SMILES string of the molecule is Nc1ncc(F)c(NC2CCC(N)CC2)n1. The molecule has 1 aromatic heterocycles. The van der Waals surface area contributed by atoms with Crippen molar-refractivity contribution in [3.63, 3.8) is 0 Å². The summed E-state index contributed by atoms with van der Waals surface area (Å²) in [6.07, 6.45) is 4.87. The second kappa shape index (κ2) is 4.61. The van der Waals surface area contributed by atoms with Gasteiger partial charge in [0, 0.05) is 12.1 Å². The van der Waals surface area contributed by atoms with Gasteiger partial charge in [-0.25, -0.2) is 9.37 Å². The molecule has 0 unspecified atom stereocenters. The van der Waals surface area contributed by atoms with Crippen LogP contribution in [0.3, 0.4) is 0 Å². The number of anilines is 2. The van der Waals surface area contributed by atoms with Crippen LogP contribution in [0.4, 0.5) is 16.2 Å². The van der Waals surface area contributed by atoms with Crippen molar-refractivity contribution < 1.29 is 4.39 Å². The number of rotatable bonds is 2. The molecule has 1 fully saturated rings. The van der Waals surface area contributed by atoms with E-state index in [-0.39, 0.29) is 23.8 Å². The first-order valence-electron chi connectivity index (χ1n) is 5.45. The van der Waals surface area contributed by atoms with Crippen molar-refractivity contribution >= 4 is 11.8 Å². The second-order valence-corrected chi connectivity index (χ2v) is 4.18. The van der Waals surface area contributed by atoms with Gasteiger partial charge in [-0.15, -0.1) is 0 Å². The first-order chi connectivity index (χ1) is 7.65. The van der Waals surface area contributed by atoms with Crippen molar-refractivity contribution in [1.82, 2.24) is 9.97 Å².